The number of rotatable bonds is 13. The van der Waals surface area contributed by atoms with E-state index in [0.717, 1.165) is 48.6 Å². The number of benzene rings is 1. The molecule has 2 rings (SSSR count). The number of hydrogen-bond acceptors (Lipinski definition) is 5. The first-order valence-corrected chi connectivity index (χ1v) is 10.3. The van der Waals surface area contributed by atoms with Gasteiger partial charge in [-0.3, -0.25) is 14.8 Å². The van der Waals surface area contributed by atoms with Gasteiger partial charge in [0.25, 0.3) is 0 Å². The van der Waals surface area contributed by atoms with E-state index in [1.807, 2.05) is 12.3 Å². The minimum absolute atomic E-state index is 0.0367. The predicted molar refractivity (Wildman–Crippen MR) is 119 cm³/mol. The number of carbonyl (C=O) groups excluding carboxylic acids is 2. The van der Waals surface area contributed by atoms with E-state index in [9.17, 15) is 9.59 Å². The van der Waals surface area contributed by atoms with Gasteiger partial charge in [0.2, 0.25) is 12.0 Å². The standard InChI is InChI=1S/C22H30N6O2/c23-22(24)27-12-4-11-26-21(30)7-3-6-18-14-19-13-17(5-1-2-10-25-16-29)8-9-20(19)28-15-18/h8-9,13-15H,1-7,10-12H2,(H,26,30)(H4,23,24,27). The molecule has 8 nitrogen and oxygen atoms in total. The number of isocyanates is 1. The average molecular weight is 411 g/mol. The van der Waals surface area contributed by atoms with Crippen molar-refractivity contribution in [2.75, 3.05) is 19.6 Å². The molecule has 0 saturated carbocycles. The summed E-state index contributed by atoms with van der Waals surface area (Å²) in [5, 5.41) is 3.99. The van der Waals surface area contributed by atoms with Gasteiger partial charge in [0.15, 0.2) is 5.96 Å². The lowest BCUT2D eigenvalue weighted by atomic mass is 10.0. The molecule has 0 unspecified atom stereocenters. The molecule has 0 spiro atoms. The molecule has 1 aromatic heterocycles. The molecule has 1 heterocycles. The van der Waals surface area contributed by atoms with Gasteiger partial charge in [-0.05, 0) is 67.9 Å². The zero-order valence-electron chi connectivity index (χ0n) is 17.3. The maximum absolute atomic E-state index is 11.9. The third-order valence-electron chi connectivity index (χ3n) is 4.67. The van der Waals surface area contributed by atoms with Crippen molar-refractivity contribution in [3.63, 3.8) is 0 Å². The molecule has 160 valence electrons. The zero-order valence-corrected chi connectivity index (χ0v) is 17.3. The van der Waals surface area contributed by atoms with Gasteiger partial charge < -0.3 is 16.8 Å². The van der Waals surface area contributed by atoms with Crippen LogP contribution >= 0.6 is 0 Å². The second kappa shape index (κ2) is 13.1. The Morgan fingerprint density at radius 3 is 2.63 bits per heavy atom. The first-order valence-electron chi connectivity index (χ1n) is 10.3. The number of hydrogen-bond donors (Lipinski definition) is 3. The summed E-state index contributed by atoms with van der Waals surface area (Å²) in [4.78, 5) is 34.0. The molecule has 0 saturated heterocycles. The SMILES string of the molecule is NC(N)=NCCCNC(=O)CCCc1cnc2ccc(CCCCN=C=O)cc2c1. The maximum Gasteiger partial charge on any atom is 0.234 e. The van der Waals surface area contributed by atoms with Crippen LogP contribution in [-0.4, -0.2) is 42.6 Å². The van der Waals surface area contributed by atoms with E-state index in [1.165, 1.54) is 5.56 Å². The van der Waals surface area contributed by atoms with Crippen LogP contribution in [0.1, 0.15) is 43.2 Å². The Labute approximate surface area is 176 Å². The van der Waals surface area contributed by atoms with Crippen LogP contribution < -0.4 is 16.8 Å². The van der Waals surface area contributed by atoms with Gasteiger partial charge in [-0.25, -0.2) is 9.79 Å². The van der Waals surface area contributed by atoms with Crippen molar-refractivity contribution in [3.05, 3.63) is 41.6 Å². The van der Waals surface area contributed by atoms with Crippen molar-refractivity contribution in [3.8, 4) is 0 Å². The van der Waals surface area contributed by atoms with Gasteiger partial charge in [0.1, 0.15) is 0 Å². The fourth-order valence-corrected chi connectivity index (χ4v) is 3.14. The van der Waals surface area contributed by atoms with Crippen LogP contribution in [-0.2, 0) is 22.4 Å². The number of nitrogens with one attached hydrogen (secondary N) is 1. The van der Waals surface area contributed by atoms with Gasteiger partial charge in [-0.2, -0.15) is 0 Å². The number of aryl methyl sites for hydroxylation is 2. The molecule has 1 aromatic carbocycles. The van der Waals surface area contributed by atoms with Crippen molar-refractivity contribution >= 4 is 28.8 Å². The van der Waals surface area contributed by atoms with E-state index in [-0.39, 0.29) is 11.9 Å². The van der Waals surface area contributed by atoms with Crippen LogP contribution in [0.3, 0.4) is 0 Å². The number of guanidine groups is 1. The summed E-state index contributed by atoms with van der Waals surface area (Å²) in [7, 11) is 0. The molecular weight excluding hydrogens is 380 g/mol. The van der Waals surface area contributed by atoms with Crippen LogP contribution in [0.4, 0.5) is 0 Å². The molecule has 8 heteroatoms. The number of carbonyl (C=O) groups is 1. The van der Waals surface area contributed by atoms with E-state index < -0.39 is 0 Å². The highest BCUT2D eigenvalue weighted by Gasteiger charge is 2.04. The van der Waals surface area contributed by atoms with Crippen LogP contribution in [0.15, 0.2) is 40.4 Å². The second-order valence-corrected chi connectivity index (χ2v) is 7.16. The zero-order chi connectivity index (χ0) is 21.6. The number of unbranched alkanes of at least 4 members (excludes halogenated alkanes) is 1. The summed E-state index contributed by atoms with van der Waals surface area (Å²) in [5.41, 5.74) is 13.8. The van der Waals surface area contributed by atoms with Gasteiger partial charge in [0, 0.05) is 31.1 Å². The molecule has 5 N–H and O–H groups in total. The third kappa shape index (κ3) is 8.84. The minimum atomic E-state index is 0.0367. The number of aliphatic imine (C=N–C) groups is 2. The van der Waals surface area contributed by atoms with Crippen molar-refractivity contribution in [2.24, 2.45) is 21.5 Å². The summed E-state index contributed by atoms with van der Waals surface area (Å²) in [6.45, 7) is 1.62. The number of nitrogens with two attached hydrogens (primary N) is 2. The first-order chi connectivity index (χ1) is 14.6. The summed E-state index contributed by atoms with van der Waals surface area (Å²) in [6, 6.07) is 8.44. The van der Waals surface area contributed by atoms with E-state index >= 15 is 0 Å². The lowest BCUT2D eigenvalue weighted by Crippen LogP contribution is -2.26. The van der Waals surface area contributed by atoms with Gasteiger partial charge >= 0.3 is 0 Å². The molecule has 0 aliphatic carbocycles. The summed E-state index contributed by atoms with van der Waals surface area (Å²) >= 11 is 0. The average Bonchev–Trinajstić information content (AvgIpc) is 2.73. The monoisotopic (exact) mass is 410 g/mol. The molecule has 1 amide bonds. The quantitative estimate of drug-likeness (QED) is 0.201. The lowest BCUT2D eigenvalue weighted by Gasteiger charge is -2.07. The van der Waals surface area contributed by atoms with Crippen molar-refractivity contribution in [1.29, 1.82) is 0 Å². The highest BCUT2D eigenvalue weighted by Crippen LogP contribution is 2.18. The molecule has 0 radical (unpaired) electrons. The molecular formula is C22H30N6O2. The van der Waals surface area contributed by atoms with E-state index in [1.54, 1.807) is 6.08 Å². The largest absolute Gasteiger partial charge is 0.370 e. The van der Waals surface area contributed by atoms with E-state index in [4.69, 9.17) is 11.5 Å². The normalized spacial score (nSPS) is 10.4. The predicted octanol–water partition coefficient (Wildman–Crippen LogP) is 2.00. The molecule has 2 aromatic rings. The van der Waals surface area contributed by atoms with Crippen LogP contribution in [0, 0.1) is 0 Å². The van der Waals surface area contributed by atoms with Gasteiger partial charge in [0.05, 0.1) is 12.1 Å². The molecule has 30 heavy (non-hydrogen) atoms. The van der Waals surface area contributed by atoms with Crippen molar-refractivity contribution in [2.45, 2.75) is 44.9 Å². The second-order valence-electron chi connectivity index (χ2n) is 7.16. The van der Waals surface area contributed by atoms with E-state index in [0.29, 0.717) is 32.5 Å². The lowest BCUT2D eigenvalue weighted by molar-refractivity contribution is -0.121. The summed E-state index contributed by atoms with van der Waals surface area (Å²) in [6.07, 6.45) is 9.01. The molecule has 0 aliphatic rings. The van der Waals surface area contributed by atoms with Crippen molar-refractivity contribution < 1.29 is 9.59 Å². The number of aromatic nitrogens is 1. The highest BCUT2D eigenvalue weighted by atomic mass is 16.1. The maximum atomic E-state index is 11.9. The Hall–Kier alpha value is -3.25. The van der Waals surface area contributed by atoms with E-state index in [2.05, 4.69) is 38.5 Å². The topological polar surface area (TPSA) is 136 Å². The molecule has 0 bridgehead atoms. The van der Waals surface area contributed by atoms with Crippen LogP contribution in [0.5, 0.6) is 0 Å². The van der Waals surface area contributed by atoms with Crippen LogP contribution in [0.25, 0.3) is 10.9 Å². The number of amides is 1. The highest BCUT2D eigenvalue weighted by molar-refractivity contribution is 5.80. The Morgan fingerprint density at radius 2 is 1.83 bits per heavy atom. The smallest absolute Gasteiger partial charge is 0.234 e. The molecule has 0 fully saturated rings. The molecule has 0 aliphatic heterocycles. The Balaban J connectivity index is 1.76. The number of pyridine rings is 1. The van der Waals surface area contributed by atoms with Gasteiger partial charge in [-0.1, -0.05) is 6.07 Å². The summed E-state index contributed by atoms with van der Waals surface area (Å²) < 4.78 is 0. The van der Waals surface area contributed by atoms with Gasteiger partial charge in [-0.15, -0.1) is 0 Å². The first kappa shape index (κ1) is 23.0. The Morgan fingerprint density at radius 1 is 1.03 bits per heavy atom. The fourth-order valence-electron chi connectivity index (χ4n) is 3.14. The Kier molecular flexibility index (Phi) is 10.0. The third-order valence-corrected chi connectivity index (χ3v) is 4.67. The molecule has 0 atom stereocenters. The van der Waals surface area contributed by atoms with Crippen LogP contribution in [0.2, 0.25) is 0 Å². The van der Waals surface area contributed by atoms with Crippen molar-refractivity contribution in [1.82, 2.24) is 10.3 Å². The fraction of sp³-hybridized carbons (Fsp3) is 0.455. The minimum Gasteiger partial charge on any atom is -0.370 e. The summed E-state index contributed by atoms with van der Waals surface area (Å²) in [5.74, 6) is 0.108. The number of nitrogens with zero attached hydrogens (tertiary/aromatic N) is 3. The Bertz CT molecular complexity index is 902. The number of fused-ring (bicyclic) bond motifs is 1.